The molecule has 2 heterocycles. The van der Waals surface area contributed by atoms with Gasteiger partial charge in [0.1, 0.15) is 5.76 Å². The predicted molar refractivity (Wildman–Crippen MR) is 60.6 cm³/mol. The molecule has 86 valence electrons. The number of furan rings is 2. The van der Waals surface area contributed by atoms with E-state index in [1.54, 1.807) is 18.8 Å². The largest absolute Gasteiger partial charge is 0.472 e. The Bertz CT molecular complexity index is 381. The van der Waals surface area contributed by atoms with Gasteiger partial charge in [-0.1, -0.05) is 0 Å². The SMILES string of the molecule is NNC(CCc1ccco1)Cc1ccoc1. The molecule has 0 aliphatic rings. The number of hydrogen-bond donors (Lipinski definition) is 2. The van der Waals surface area contributed by atoms with Crippen LogP contribution in [0.25, 0.3) is 0 Å². The maximum Gasteiger partial charge on any atom is 0.103 e. The zero-order valence-corrected chi connectivity index (χ0v) is 9.06. The summed E-state index contributed by atoms with van der Waals surface area (Å²) >= 11 is 0. The second-order valence-corrected chi connectivity index (χ2v) is 3.82. The monoisotopic (exact) mass is 220 g/mol. The molecular formula is C12H16N2O2. The normalized spacial score (nSPS) is 12.8. The molecule has 0 saturated heterocycles. The van der Waals surface area contributed by atoms with Crippen LogP contribution >= 0.6 is 0 Å². The molecule has 0 saturated carbocycles. The lowest BCUT2D eigenvalue weighted by Crippen LogP contribution is -2.37. The molecule has 0 amide bonds. The Morgan fingerprint density at radius 3 is 2.88 bits per heavy atom. The summed E-state index contributed by atoms with van der Waals surface area (Å²) in [6.07, 6.45) is 7.81. The fourth-order valence-electron chi connectivity index (χ4n) is 1.71. The number of aryl methyl sites for hydroxylation is 1. The highest BCUT2D eigenvalue weighted by molar-refractivity contribution is 5.07. The molecule has 16 heavy (non-hydrogen) atoms. The molecule has 0 radical (unpaired) electrons. The van der Waals surface area contributed by atoms with Gasteiger partial charge in [0.2, 0.25) is 0 Å². The Morgan fingerprint density at radius 2 is 2.25 bits per heavy atom. The molecule has 0 aliphatic carbocycles. The van der Waals surface area contributed by atoms with E-state index in [9.17, 15) is 0 Å². The highest BCUT2D eigenvalue weighted by Gasteiger charge is 2.09. The molecule has 0 aromatic carbocycles. The second kappa shape index (κ2) is 5.53. The van der Waals surface area contributed by atoms with Gasteiger partial charge in [0.05, 0.1) is 18.8 Å². The van der Waals surface area contributed by atoms with Crippen LogP contribution in [0.2, 0.25) is 0 Å². The van der Waals surface area contributed by atoms with Gasteiger partial charge in [-0.15, -0.1) is 0 Å². The maximum atomic E-state index is 5.52. The summed E-state index contributed by atoms with van der Waals surface area (Å²) < 4.78 is 10.3. The van der Waals surface area contributed by atoms with E-state index in [0.717, 1.165) is 30.6 Å². The van der Waals surface area contributed by atoms with Gasteiger partial charge in [0, 0.05) is 12.5 Å². The predicted octanol–water partition coefficient (Wildman–Crippen LogP) is 1.88. The summed E-state index contributed by atoms with van der Waals surface area (Å²) in [5.41, 5.74) is 3.97. The molecule has 2 rings (SSSR count). The van der Waals surface area contributed by atoms with Crippen LogP contribution in [0.3, 0.4) is 0 Å². The molecule has 1 atom stereocenters. The third-order valence-electron chi connectivity index (χ3n) is 2.62. The van der Waals surface area contributed by atoms with Crippen LogP contribution in [-0.2, 0) is 12.8 Å². The highest BCUT2D eigenvalue weighted by atomic mass is 16.3. The number of nitrogens with two attached hydrogens (primary N) is 1. The Balaban J connectivity index is 1.81. The number of hydrazine groups is 1. The first-order valence-electron chi connectivity index (χ1n) is 5.38. The molecule has 0 bridgehead atoms. The van der Waals surface area contributed by atoms with Gasteiger partial charge in [-0.25, -0.2) is 0 Å². The van der Waals surface area contributed by atoms with E-state index < -0.39 is 0 Å². The van der Waals surface area contributed by atoms with E-state index >= 15 is 0 Å². The summed E-state index contributed by atoms with van der Waals surface area (Å²) in [5, 5.41) is 0. The van der Waals surface area contributed by atoms with E-state index in [-0.39, 0.29) is 6.04 Å². The molecule has 4 nitrogen and oxygen atoms in total. The van der Waals surface area contributed by atoms with Crippen molar-refractivity contribution in [3.8, 4) is 0 Å². The lowest BCUT2D eigenvalue weighted by atomic mass is 10.0. The van der Waals surface area contributed by atoms with E-state index in [4.69, 9.17) is 14.7 Å². The fraction of sp³-hybridized carbons (Fsp3) is 0.333. The Morgan fingerprint density at radius 1 is 1.31 bits per heavy atom. The molecule has 0 spiro atoms. The van der Waals surface area contributed by atoms with Crippen LogP contribution < -0.4 is 11.3 Å². The minimum Gasteiger partial charge on any atom is -0.472 e. The van der Waals surface area contributed by atoms with E-state index in [0.29, 0.717) is 0 Å². The molecule has 0 fully saturated rings. The van der Waals surface area contributed by atoms with E-state index in [1.165, 1.54) is 0 Å². The van der Waals surface area contributed by atoms with Gasteiger partial charge in [-0.3, -0.25) is 11.3 Å². The first-order chi connectivity index (χ1) is 7.88. The standard InChI is InChI=1S/C12H16N2O2/c13-14-11(8-10-5-7-15-9-10)3-4-12-2-1-6-16-12/h1-2,5-7,9,11,14H,3-4,8,13H2. The van der Waals surface area contributed by atoms with E-state index in [2.05, 4.69) is 5.43 Å². The van der Waals surface area contributed by atoms with Gasteiger partial charge >= 0.3 is 0 Å². The van der Waals surface area contributed by atoms with Gasteiger partial charge in [-0.2, -0.15) is 0 Å². The van der Waals surface area contributed by atoms with Crippen molar-refractivity contribution in [2.45, 2.75) is 25.3 Å². The molecule has 3 N–H and O–H groups in total. The van der Waals surface area contributed by atoms with Crippen molar-refractivity contribution in [3.63, 3.8) is 0 Å². The first kappa shape index (κ1) is 11.0. The van der Waals surface area contributed by atoms with Crippen molar-refractivity contribution in [1.29, 1.82) is 0 Å². The molecule has 4 heteroatoms. The Labute approximate surface area is 94.4 Å². The minimum absolute atomic E-state index is 0.239. The van der Waals surface area contributed by atoms with Crippen molar-refractivity contribution >= 4 is 0 Å². The maximum absolute atomic E-state index is 5.52. The summed E-state index contributed by atoms with van der Waals surface area (Å²) in [7, 11) is 0. The van der Waals surface area contributed by atoms with Crippen molar-refractivity contribution in [2.75, 3.05) is 0 Å². The van der Waals surface area contributed by atoms with Gasteiger partial charge < -0.3 is 8.83 Å². The zero-order valence-electron chi connectivity index (χ0n) is 9.06. The van der Waals surface area contributed by atoms with Crippen molar-refractivity contribution < 1.29 is 8.83 Å². The fourth-order valence-corrected chi connectivity index (χ4v) is 1.71. The van der Waals surface area contributed by atoms with Gasteiger partial charge in [0.25, 0.3) is 0 Å². The minimum atomic E-state index is 0.239. The van der Waals surface area contributed by atoms with Crippen molar-refractivity contribution in [2.24, 2.45) is 5.84 Å². The summed E-state index contributed by atoms with van der Waals surface area (Å²) in [6.45, 7) is 0. The average molecular weight is 220 g/mol. The molecule has 2 aromatic rings. The van der Waals surface area contributed by atoms with Crippen molar-refractivity contribution in [3.05, 3.63) is 48.3 Å². The van der Waals surface area contributed by atoms with Crippen LogP contribution in [0.15, 0.2) is 45.8 Å². The lowest BCUT2D eigenvalue weighted by Gasteiger charge is -2.13. The van der Waals surface area contributed by atoms with Crippen LogP contribution in [0, 0.1) is 0 Å². The first-order valence-corrected chi connectivity index (χ1v) is 5.38. The molecular weight excluding hydrogens is 204 g/mol. The number of nitrogens with one attached hydrogen (secondary N) is 1. The van der Waals surface area contributed by atoms with Crippen LogP contribution in [0.5, 0.6) is 0 Å². The third-order valence-corrected chi connectivity index (χ3v) is 2.62. The quantitative estimate of drug-likeness (QED) is 0.576. The summed E-state index contributed by atoms with van der Waals surface area (Å²) in [5.74, 6) is 6.51. The van der Waals surface area contributed by atoms with Crippen LogP contribution in [0.1, 0.15) is 17.7 Å². The zero-order chi connectivity index (χ0) is 11.2. The molecule has 2 aromatic heterocycles. The number of hydrogen-bond acceptors (Lipinski definition) is 4. The third kappa shape index (κ3) is 2.98. The Hall–Kier alpha value is -1.52. The second-order valence-electron chi connectivity index (χ2n) is 3.82. The van der Waals surface area contributed by atoms with E-state index in [1.807, 2.05) is 18.2 Å². The summed E-state index contributed by atoms with van der Waals surface area (Å²) in [6, 6.07) is 6.07. The smallest absolute Gasteiger partial charge is 0.103 e. The topological polar surface area (TPSA) is 64.3 Å². The van der Waals surface area contributed by atoms with Gasteiger partial charge in [-0.05, 0) is 36.6 Å². The Kier molecular flexibility index (Phi) is 3.80. The van der Waals surface area contributed by atoms with Crippen molar-refractivity contribution in [1.82, 2.24) is 5.43 Å². The van der Waals surface area contributed by atoms with Gasteiger partial charge in [0.15, 0.2) is 0 Å². The highest BCUT2D eigenvalue weighted by Crippen LogP contribution is 2.10. The summed E-state index contributed by atoms with van der Waals surface area (Å²) in [4.78, 5) is 0. The molecule has 0 aliphatic heterocycles. The lowest BCUT2D eigenvalue weighted by molar-refractivity contribution is 0.446. The van der Waals surface area contributed by atoms with Crippen LogP contribution in [-0.4, -0.2) is 6.04 Å². The number of rotatable bonds is 6. The van der Waals surface area contributed by atoms with Crippen LogP contribution in [0.4, 0.5) is 0 Å². The average Bonchev–Trinajstić information content (AvgIpc) is 2.97. The molecule has 1 unspecified atom stereocenters.